The highest BCUT2D eigenvalue weighted by atomic mass is 32.1. The molecule has 0 fully saturated rings. The van der Waals surface area contributed by atoms with Crippen LogP contribution in [0, 0.1) is 0 Å². The molecule has 0 saturated carbocycles. The number of hydrogen-bond acceptors (Lipinski definition) is 4. The van der Waals surface area contributed by atoms with Crippen molar-refractivity contribution in [3.8, 4) is 0 Å². The maximum absolute atomic E-state index is 4.65. The first-order valence-electron chi connectivity index (χ1n) is 6.79. The Morgan fingerprint density at radius 3 is 2.95 bits per heavy atom. The van der Waals surface area contributed by atoms with Crippen LogP contribution in [0.25, 0.3) is 10.2 Å². The molecule has 0 aliphatic rings. The maximum atomic E-state index is 4.65. The van der Waals surface area contributed by atoms with E-state index in [2.05, 4.69) is 58.1 Å². The van der Waals surface area contributed by atoms with Crippen LogP contribution in [0.2, 0.25) is 0 Å². The number of hydrogen-bond donors (Lipinski definition) is 1. The van der Waals surface area contributed by atoms with Crippen molar-refractivity contribution in [1.82, 2.24) is 19.9 Å². The molecular weight excluding hydrogens is 268 g/mol. The van der Waals surface area contributed by atoms with Crippen LogP contribution in [0.15, 0.2) is 36.8 Å². The lowest BCUT2D eigenvalue weighted by atomic mass is 10.3. The lowest BCUT2D eigenvalue weighted by Crippen LogP contribution is -2.21. The molecule has 0 spiro atoms. The van der Waals surface area contributed by atoms with Gasteiger partial charge in [-0.05, 0) is 12.1 Å². The van der Waals surface area contributed by atoms with E-state index in [9.17, 15) is 0 Å². The van der Waals surface area contributed by atoms with Gasteiger partial charge in [-0.3, -0.25) is 0 Å². The molecule has 2 heterocycles. The van der Waals surface area contributed by atoms with Crippen molar-refractivity contribution in [2.75, 3.05) is 0 Å². The lowest BCUT2D eigenvalue weighted by molar-refractivity contribution is 0.582. The number of nitrogens with one attached hydrogen (secondary N) is 1. The molecule has 1 N–H and O–H groups in total. The summed E-state index contributed by atoms with van der Waals surface area (Å²) in [5, 5.41) is 4.49. The van der Waals surface area contributed by atoms with E-state index in [1.165, 1.54) is 4.70 Å². The molecule has 0 aliphatic carbocycles. The molecule has 20 heavy (non-hydrogen) atoms. The monoisotopic (exact) mass is 286 g/mol. The standard InChI is InChI=1S/C15H18N4S/c1-11(2)16-7-12-8-19(10-17-12)9-15-18-13-5-3-4-6-14(13)20-15/h3-6,8,10-11,16H,7,9H2,1-2H3. The van der Waals surface area contributed by atoms with Gasteiger partial charge >= 0.3 is 0 Å². The van der Waals surface area contributed by atoms with E-state index >= 15 is 0 Å². The SMILES string of the molecule is CC(C)NCc1cn(Cc2nc3ccccc3s2)cn1. The van der Waals surface area contributed by atoms with Gasteiger partial charge in [0, 0.05) is 18.8 Å². The van der Waals surface area contributed by atoms with Crippen molar-refractivity contribution in [2.24, 2.45) is 0 Å². The largest absolute Gasteiger partial charge is 0.330 e. The molecule has 5 heteroatoms. The second-order valence-corrected chi connectivity index (χ2v) is 6.26. The Kier molecular flexibility index (Phi) is 3.80. The number of benzene rings is 1. The van der Waals surface area contributed by atoms with Gasteiger partial charge < -0.3 is 9.88 Å². The zero-order chi connectivity index (χ0) is 13.9. The number of imidazole rings is 1. The van der Waals surface area contributed by atoms with Gasteiger partial charge in [-0.25, -0.2) is 9.97 Å². The fourth-order valence-corrected chi connectivity index (χ4v) is 3.01. The van der Waals surface area contributed by atoms with Crippen molar-refractivity contribution >= 4 is 21.6 Å². The smallest absolute Gasteiger partial charge is 0.114 e. The third-order valence-corrected chi connectivity index (χ3v) is 4.06. The minimum Gasteiger partial charge on any atom is -0.330 e. The van der Waals surface area contributed by atoms with E-state index in [1.54, 1.807) is 11.3 Å². The summed E-state index contributed by atoms with van der Waals surface area (Å²) < 4.78 is 3.33. The molecule has 0 bridgehead atoms. The number of thiazole rings is 1. The third-order valence-electron chi connectivity index (χ3n) is 3.03. The molecule has 4 nitrogen and oxygen atoms in total. The van der Waals surface area contributed by atoms with E-state index in [0.29, 0.717) is 6.04 Å². The van der Waals surface area contributed by atoms with Crippen LogP contribution in [-0.2, 0) is 13.1 Å². The van der Waals surface area contributed by atoms with Gasteiger partial charge in [0.2, 0.25) is 0 Å². The van der Waals surface area contributed by atoms with Crippen LogP contribution >= 0.6 is 11.3 Å². The Balaban J connectivity index is 1.71. The Labute approximate surface area is 122 Å². The molecule has 104 valence electrons. The molecule has 0 aliphatic heterocycles. The van der Waals surface area contributed by atoms with Crippen molar-refractivity contribution < 1.29 is 0 Å². The highest BCUT2D eigenvalue weighted by Crippen LogP contribution is 2.22. The first-order valence-corrected chi connectivity index (χ1v) is 7.61. The first-order chi connectivity index (χ1) is 9.70. The minimum absolute atomic E-state index is 0.476. The third kappa shape index (κ3) is 3.05. The number of rotatable bonds is 5. The minimum atomic E-state index is 0.476. The summed E-state index contributed by atoms with van der Waals surface area (Å²) in [5.41, 5.74) is 2.15. The van der Waals surface area contributed by atoms with Gasteiger partial charge in [0.1, 0.15) is 5.01 Å². The van der Waals surface area contributed by atoms with E-state index in [1.807, 2.05) is 12.4 Å². The topological polar surface area (TPSA) is 42.7 Å². The van der Waals surface area contributed by atoms with E-state index in [4.69, 9.17) is 0 Å². The van der Waals surface area contributed by atoms with Crippen LogP contribution in [0.1, 0.15) is 24.5 Å². The molecule has 3 aromatic rings. The van der Waals surface area contributed by atoms with Gasteiger partial charge in [-0.1, -0.05) is 26.0 Å². The Hall–Kier alpha value is -1.72. The zero-order valence-corrected chi connectivity index (χ0v) is 12.5. The number of para-hydroxylation sites is 1. The predicted molar refractivity (Wildman–Crippen MR) is 82.9 cm³/mol. The summed E-state index contributed by atoms with van der Waals surface area (Å²) in [5.74, 6) is 0. The van der Waals surface area contributed by atoms with Gasteiger partial charge in [-0.15, -0.1) is 11.3 Å². The second-order valence-electron chi connectivity index (χ2n) is 5.15. The highest BCUT2D eigenvalue weighted by Gasteiger charge is 2.05. The Morgan fingerprint density at radius 2 is 2.15 bits per heavy atom. The molecule has 1 aromatic carbocycles. The summed E-state index contributed by atoms with van der Waals surface area (Å²) >= 11 is 1.74. The summed E-state index contributed by atoms with van der Waals surface area (Å²) in [6.45, 7) is 5.87. The summed E-state index contributed by atoms with van der Waals surface area (Å²) in [6.07, 6.45) is 3.96. The van der Waals surface area contributed by atoms with Crippen molar-refractivity contribution in [3.05, 3.63) is 47.5 Å². The maximum Gasteiger partial charge on any atom is 0.114 e. The van der Waals surface area contributed by atoms with E-state index in [0.717, 1.165) is 29.3 Å². The first kappa shape index (κ1) is 13.3. The number of aromatic nitrogens is 3. The second kappa shape index (κ2) is 5.73. The Bertz CT molecular complexity index is 666. The molecule has 0 unspecified atom stereocenters. The summed E-state index contributed by atoms with van der Waals surface area (Å²) in [7, 11) is 0. The molecule has 2 aromatic heterocycles. The predicted octanol–water partition coefficient (Wildman–Crippen LogP) is 3.04. The molecule has 0 atom stereocenters. The van der Waals surface area contributed by atoms with Gasteiger partial charge in [-0.2, -0.15) is 0 Å². The summed E-state index contributed by atoms with van der Waals surface area (Å²) in [6, 6.07) is 8.73. The van der Waals surface area contributed by atoms with E-state index < -0.39 is 0 Å². The van der Waals surface area contributed by atoms with Crippen molar-refractivity contribution in [1.29, 1.82) is 0 Å². The van der Waals surface area contributed by atoms with Gasteiger partial charge in [0.05, 0.1) is 28.8 Å². The number of nitrogens with zero attached hydrogens (tertiary/aromatic N) is 3. The Morgan fingerprint density at radius 1 is 1.30 bits per heavy atom. The van der Waals surface area contributed by atoms with Crippen LogP contribution in [0.5, 0.6) is 0 Å². The fourth-order valence-electron chi connectivity index (χ4n) is 2.04. The van der Waals surface area contributed by atoms with Crippen LogP contribution in [0.3, 0.4) is 0 Å². The normalized spacial score (nSPS) is 11.6. The summed E-state index contributed by atoms with van der Waals surface area (Å²) in [4.78, 5) is 9.06. The van der Waals surface area contributed by atoms with Crippen molar-refractivity contribution in [3.63, 3.8) is 0 Å². The lowest BCUT2D eigenvalue weighted by Gasteiger charge is -2.04. The highest BCUT2D eigenvalue weighted by molar-refractivity contribution is 7.18. The van der Waals surface area contributed by atoms with Crippen LogP contribution < -0.4 is 5.32 Å². The zero-order valence-electron chi connectivity index (χ0n) is 11.7. The van der Waals surface area contributed by atoms with E-state index in [-0.39, 0.29) is 0 Å². The molecule has 3 rings (SSSR count). The van der Waals surface area contributed by atoms with Gasteiger partial charge in [0.15, 0.2) is 0 Å². The van der Waals surface area contributed by atoms with Crippen LogP contribution in [0.4, 0.5) is 0 Å². The fraction of sp³-hybridized carbons (Fsp3) is 0.333. The molecular formula is C15H18N4S. The van der Waals surface area contributed by atoms with Gasteiger partial charge in [0.25, 0.3) is 0 Å². The average molecular weight is 286 g/mol. The quantitative estimate of drug-likeness (QED) is 0.784. The number of fused-ring (bicyclic) bond motifs is 1. The van der Waals surface area contributed by atoms with Crippen molar-refractivity contribution in [2.45, 2.75) is 33.0 Å². The van der Waals surface area contributed by atoms with Crippen LogP contribution in [-0.4, -0.2) is 20.6 Å². The average Bonchev–Trinajstić information content (AvgIpc) is 3.02. The molecule has 0 radical (unpaired) electrons. The molecule has 0 amide bonds. The molecule has 0 saturated heterocycles.